The maximum Gasteiger partial charge on any atom is 0.265 e. The molecule has 2 aromatic rings. The van der Waals surface area contributed by atoms with E-state index in [4.69, 9.17) is 5.73 Å². The van der Waals surface area contributed by atoms with E-state index >= 15 is 0 Å². The van der Waals surface area contributed by atoms with Crippen molar-refractivity contribution in [2.24, 2.45) is 0 Å². The van der Waals surface area contributed by atoms with Gasteiger partial charge in [0.2, 0.25) is 0 Å². The van der Waals surface area contributed by atoms with Gasteiger partial charge in [-0.15, -0.1) is 11.3 Å². The van der Waals surface area contributed by atoms with Crippen LogP contribution in [0.1, 0.15) is 9.67 Å². The van der Waals surface area contributed by atoms with E-state index in [9.17, 15) is 4.79 Å². The van der Waals surface area contributed by atoms with Crippen LogP contribution >= 0.6 is 27.3 Å². The van der Waals surface area contributed by atoms with Crippen LogP contribution in [0.25, 0.3) is 10.1 Å². The van der Waals surface area contributed by atoms with Crippen LogP contribution in [0.2, 0.25) is 0 Å². The zero-order valence-electron chi connectivity index (χ0n) is 8.95. The quantitative estimate of drug-likeness (QED) is 0.880. The fraction of sp³-hybridized carbons (Fsp3) is 0.182. The summed E-state index contributed by atoms with van der Waals surface area (Å²) in [5.41, 5.74) is 6.57. The third-order valence-corrected chi connectivity index (χ3v) is 4.12. The first-order valence-electron chi connectivity index (χ1n) is 4.70. The molecule has 0 fully saturated rings. The smallest absolute Gasteiger partial charge is 0.265 e. The molecule has 1 heterocycles. The number of carbonyl (C=O) groups excluding carboxylic acids is 1. The van der Waals surface area contributed by atoms with E-state index in [0.29, 0.717) is 10.6 Å². The maximum atomic E-state index is 11.9. The number of anilines is 1. The molecule has 0 aliphatic rings. The Morgan fingerprint density at radius 1 is 1.44 bits per heavy atom. The molecule has 0 bridgehead atoms. The molecule has 2 rings (SSSR count). The number of nitrogens with two attached hydrogens (primary N) is 1. The highest BCUT2D eigenvalue weighted by Gasteiger charge is 2.18. The van der Waals surface area contributed by atoms with Gasteiger partial charge in [0.05, 0.1) is 5.69 Å². The molecule has 5 heteroatoms. The van der Waals surface area contributed by atoms with Gasteiger partial charge in [-0.25, -0.2) is 0 Å². The minimum atomic E-state index is -0.0504. The highest BCUT2D eigenvalue weighted by atomic mass is 79.9. The Balaban J connectivity index is 2.70. The number of nitrogen functional groups attached to an aromatic ring is 1. The monoisotopic (exact) mass is 298 g/mol. The summed E-state index contributed by atoms with van der Waals surface area (Å²) >= 11 is 4.88. The van der Waals surface area contributed by atoms with Crippen molar-refractivity contribution in [1.29, 1.82) is 0 Å². The first kappa shape index (κ1) is 11.4. The van der Waals surface area contributed by atoms with Gasteiger partial charge in [0.25, 0.3) is 5.91 Å². The van der Waals surface area contributed by atoms with Crippen molar-refractivity contribution >= 4 is 48.9 Å². The lowest BCUT2D eigenvalue weighted by atomic mass is 10.2. The number of fused-ring (bicyclic) bond motifs is 1. The van der Waals surface area contributed by atoms with E-state index in [1.165, 1.54) is 16.2 Å². The van der Waals surface area contributed by atoms with Crippen LogP contribution in [0.3, 0.4) is 0 Å². The summed E-state index contributed by atoms with van der Waals surface area (Å²) in [6.45, 7) is 0. The van der Waals surface area contributed by atoms with Crippen molar-refractivity contribution in [3.05, 3.63) is 27.5 Å². The second-order valence-corrected chi connectivity index (χ2v) is 5.56. The van der Waals surface area contributed by atoms with Crippen molar-refractivity contribution in [1.82, 2.24) is 4.90 Å². The topological polar surface area (TPSA) is 46.3 Å². The van der Waals surface area contributed by atoms with Crippen molar-refractivity contribution in [3.63, 3.8) is 0 Å². The number of nitrogens with zero attached hydrogens (tertiary/aromatic N) is 1. The average Bonchev–Trinajstić information content (AvgIpc) is 2.56. The van der Waals surface area contributed by atoms with E-state index in [-0.39, 0.29) is 5.91 Å². The fourth-order valence-corrected chi connectivity index (χ4v) is 3.37. The molecule has 0 spiro atoms. The number of carbonyl (C=O) groups is 1. The Morgan fingerprint density at radius 3 is 2.69 bits per heavy atom. The summed E-state index contributed by atoms with van der Waals surface area (Å²) in [5, 5.41) is 0.928. The fourth-order valence-electron chi connectivity index (χ4n) is 1.49. The molecule has 1 amide bonds. The number of benzene rings is 1. The molecule has 84 valence electrons. The van der Waals surface area contributed by atoms with Gasteiger partial charge >= 0.3 is 0 Å². The number of amides is 1. The highest BCUT2D eigenvalue weighted by molar-refractivity contribution is 9.10. The predicted octanol–water partition coefficient (Wildman–Crippen LogP) is 2.95. The molecular formula is C11H11BrN2OS. The van der Waals surface area contributed by atoms with E-state index < -0.39 is 0 Å². The Kier molecular flexibility index (Phi) is 2.90. The van der Waals surface area contributed by atoms with Gasteiger partial charge in [0.15, 0.2) is 0 Å². The summed E-state index contributed by atoms with van der Waals surface area (Å²) in [4.78, 5) is 14.0. The van der Waals surface area contributed by atoms with Crippen molar-refractivity contribution in [2.75, 3.05) is 19.8 Å². The van der Waals surface area contributed by atoms with Crippen LogP contribution < -0.4 is 5.73 Å². The molecule has 2 N–H and O–H groups in total. The van der Waals surface area contributed by atoms with E-state index in [1.807, 2.05) is 18.2 Å². The summed E-state index contributed by atoms with van der Waals surface area (Å²) in [7, 11) is 3.45. The minimum Gasteiger partial charge on any atom is -0.397 e. The van der Waals surface area contributed by atoms with Gasteiger partial charge in [0, 0.05) is 28.7 Å². The molecule has 0 unspecified atom stereocenters. The molecule has 0 atom stereocenters. The molecule has 16 heavy (non-hydrogen) atoms. The number of thiophene rings is 1. The number of halogens is 1. The van der Waals surface area contributed by atoms with Crippen LogP contribution in [0.5, 0.6) is 0 Å². The predicted molar refractivity (Wildman–Crippen MR) is 72.0 cm³/mol. The first-order valence-corrected chi connectivity index (χ1v) is 6.31. The third kappa shape index (κ3) is 1.70. The van der Waals surface area contributed by atoms with Gasteiger partial charge in [0.1, 0.15) is 4.88 Å². The summed E-state index contributed by atoms with van der Waals surface area (Å²) in [6, 6.07) is 5.83. The van der Waals surface area contributed by atoms with Gasteiger partial charge in [-0.2, -0.15) is 0 Å². The van der Waals surface area contributed by atoms with E-state index in [2.05, 4.69) is 15.9 Å². The first-order chi connectivity index (χ1) is 7.52. The Labute approximate surface area is 106 Å². The number of rotatable bonds is 1. The van der Waals surface area contributed by atoms with Crippen LogP contribution in [-0.2, 0) is 0 Å². The van der Waals surface area contributed by atoms with Gasteiger partial charge in [-0.3, -0.25) is 4.79 Å². The number of hydrogen-bond acceptors (Lipinski definition) is 3. The normalized spacial score (nSPS) is 10.7. The Bertz CT molecular complexity index is 562. The van der Waals surface area contributed by atoms with Crippen LogP contribution in [0.4, 0.5) is 5.69 Å². The zero-order valence-corrected chi connectivity index (χ0v) is 11.4. The Hall–Kier alpha value is -1.07. The molecule has 0 saturated carbocycles. The SMILES string of the molecule is CN(C)C(=O)c1sc2cccc(Br)c2c1N. The largest absolute Gasteiger partial charge is 0.397 e. The third-order valence-electron chi connectivity index (χ3n) is 2.30. The molecular weight excluding hydrogens is 288 g/mol. The average molecular weight is 299 g/mol. The standard InChI is InChI=1S/C11H11BrN2OS/c1-14(2)11(15)10-9(13)8-6(12)4-3-5-7(8)16-10/h3-5H,13H2,1-2H3. The molecule has 0 saturated heterocycles. The lowest BCUT2D eigenvalue weighted by molar-refractivity contribution is 0.0833. The lowest BCUT2D eigenvalue weighted by Gasteiger charge is -2.08. The van der Waals surface area contributed by atoms with Crippen LogP contribution in [-0.4, -0.2) is 24.9 Å². The highest BCUT2D eigenvalue weighted by Crippen LogP contribution is 2.38. The van der Waals surface area contributed by atoms with Gasteiger partial charge in [-0.1, -0.05) is 22.0 Å². The minimum absolute atomic E-state index is 0.0504. The van der Waals surface area contributed by atoms with E-state index in [1.54, 1.807) is 14.1 Å². The van der Waals surface area contributed by atoms with Crippen molar-refractivity contribution < 1.29 is 4.79 Å². The molecule has 1 aromatic carbocycles. The van der Waals surface area contributed by atoms with Crippen LogP contribution in [0, 0.1) is 0 Å². The van der Waals surface area contributed by atoms with Gasteiger partial charge < -0.3 is 10.6 Å². The second kappa shape index (κ2) is 4.07. The summed E-state index contributed by atoms with van der Waals surface area (Å²) in [5.74, 6) is -0.0504. The molecule has 0 radical (unpaired) electrons. The molecule has 3 nitrogen and oxygen atoms in total. The summed E-state index contributed by atoms with van der Waals surface area (Å²) in [6.07, 6.45) is 0. The molecule has 0 aliphatic carbocycles. The lowest BCUT2D eigenvalue weighted by Crippen LogP contribution is -2.21. The van der Waals surface area contributed by atoms with Gasteiger partial charge in [-0.05, 0) is 12.1 Å². The second-order valence-electron chi connectivity index (χ2n) is 3.66. The van der Waals surface area contributed by atoms with Crippen molar-refractivity contribution in [3.8, 4) is 0 Å². The maximum absolute atomic E-state index is 11.9. The van der Waals surface area contributed by atoms with E-state index in [0.717, 1.165) is 14.6 Å². The van der Waals surface area contributed by atoms with Crippen LogP contribution in [0.15, 0.2) is 22.7 Å². The molecule has 0 aliphatic heterocycles. The number of hydrogen-bond donors (Lipinski definition) is 1. The zero-order chi connectivity index (χ0) is 11.9. The molecule has 1 aromatic heterocycles. The van der Waals surface area contributed by atoms with Crippen molar-refractivity contribution in [2.45, 2.75) is 0 Å². The Morgan fingerprint density at radius 2 is 2.12 bits per heavy atom. The summed E-state index contributed by atoms with van der Waals surface area (Å²) < 4.78 is 1.95.